The lowest BCUT2D eigenvalue weighted by Gasteiger charge is -2.06. The number of anilines is 1. The van der Waals surface area contributed by atoms with Gasteiger partial charge in [0.15, 0.2) is 5.82 Å². The maximum atomic E-state index is 5.58. The van der Waals surface area contributed by atoms with Gasteiger partial charge in [-0.1, -0.05) is 28.1 Å². The van der Waals surface area contributed by atoms with Gasteiger partial charge < -0.3 is 5.73 Å². The van der Waals surface area contributed by atoms with E-state index < -0.39 is 0 Å². The van der Waals surface area contributed by atoms with Crippen LogP contribution in [-0.2, 0) is 0 Å². The Morgan fingerprint density at radius 3 is 2.67 bits per heavy atom. The van der Waals surface area contributed by atoms with Gasteiger partial charge in [0.25, 0.3) is 0 Å². The maximum absolute atomic E-state index is 5.58. The van der Waals surface area contributed by atoms with Crippen LogP contribution in [0.3, 0.4) is 0 Å². The number of aromatic nitrogens is 4. The first-order chi connectivity index (χ1) is 8.66. The Kier molecular flexibility index (Phi) is 2.79. The van der Waals surface area contributed by atoms with Gasteiger partial charge in [0.2, 0.25) is 10.7 Å². The number of halogens is 2. The summed E-state index contributed by atoms with van der Waals surface area (Å²) in [5.74, 6) is 0.889. The number of nitrogens with zero attached hydrogens (tertiary/aromatic N) is 4. The zero-order valence-corrected chi connectivity index (χ0v) is 12.2. The highest BCUT2D eigenvalue weighted by molar-refractivity contribution is 9.10. The molecule has 2 heterocycles. The minimum Gasteiger partial charge on any atom is -0.366 e. The van der Waals surface area contributed by atoms with Gasteiger partial charge in [-0.2, -0.15) is 9.67 Å². The van der Waals surface area contributed by atoms with E-state index in [9.17, 15) is 0 Å². The Balaban J connectivity index is 2.36. The molecule has 0 spiro atoms. The molecule has 0 bridgehead atoms. The van der Waals surface area contributed by atoms with Gasteiger partial charge in [-0.3, -0.25) is 0 Å². The number of nitrogen functional groups attached to an aromatic ring is 1. The average Bonchev–Trinajstić information content (AvgIpc) is 2.68. The summed E-state index contributed by atoms with van der Waals surface area (Å²) in [6.45, 7) is 0. The van der Waals surface area contributed by atoms with Crippen LogP contribution in [0.1, 0.15) is 0 Å². The molecule has 90 valence electrons. The SMILES string of the molecule is Nc1nc(Br)n(-c2nccc3c(Br)cccc23)n1. The third-order valence-electron chi connectivity index (χ3n) is 2.52. The van der Waals surface area contributed by atoms with E-state index >= 15 is 0 Å². The fourth-order valence-electron chi connectivity index (χ4n) is 1.76. The van der Waals surface area contributed by atoms with Crippen molar-refractivity contribution in [2.45, 2.75) is 0 Å². The third-order valence-corrected chi connectivity index (χ3v) is 3.72. The highest BCUT2D eigenvalue weighted by Crippen LogP contribution is 2.27. The van der Waals surface area contributed by atoms with Crippen LogP contribution < -0.4 is 5.73 Å². The summed E-state index contributed by atoms with van der Waals surface area (Å²) in [6, 6.07) is 7.85. The van der Waals surface area contributed by atoms with Gasteiger partial charge >= 0.3 is 0 Å². The molecule has 0 radical (unpaired) electrons. The van der Waals surface area contributed by atoms with Crippen LogP contribution >= 0.6 is 31.9 Å². The quantitative estimate of drug-likeness (QED) is 0.716. The van der Waals surface area contributed by atoms with Crippen LogP contribution in [-0.4, -0.2) is 19.7 Å². The lowest BCUT2D eigenvalue weighted by Crippen LogP contribution is -2.01. The molecule has 18 heavy (non-hydrogen) atoms. The van der Waals surface area contributed by atoms with Crippen LogP contribution in [0.5, 0.6) is 0 Å². The van der Waals surface area contributed by atoms with Crippen molar-refractivity contribution in [3.8, 4) is 5.82 Å². The molecule has 0 saturated carbocycles. The molecule has 0 saturated heterocycles. The van der Waals surface area contributed by atoms with Gasteiger partial charge in [-0.05, 0) is 28.1 Å². The molecule has 7 heteroatoms. The molecule has 1 aromatic carbocycles. The standard InChI is InChI=1S/C11H7Br2N5/c12-8-3-1-2-7-6(8)4-5-15-9(7)18-10(13)16-11(14)17-18/h1-5H,(H2,14,17). The smallest absolute Gasteiger partial charge is 0.240 e. The molecule has 3 rings (SSSR count). The second kappa shape index (κ2) is 4.33. The molecule has 0 aliphatic heterocycles. The average molecular weight is 369 g/mol. The molecule has 0 aliphatic carbocycles. The highest BCUT2D eigenvalue weighted by Gasteiger charge is 2.12. The van der Waals surface area contributed by atoms with Gasteiger partial charge in [-0.15, -0.1) is 5.10 Å². The summed E-state index contributed by atoms with van der Waals surface area (Å²) >= 11 is 6.83. The van der Waals surface area contributed by atoms with E-state index in [2.05, 4.69) is 46.9 Å². The molecule has 0 amide bonds. The molecule has 2 aromatic heterocycles. The summed E-state index contributed by atoms with van der Waals surface area (Å²) in [5, 5.41) is 6.15. The summed E-state index contributed by atoms with van der Waals surface area (Å²) in [4.78, 5) is 8.36. The van der Waals surface area contributed by atoms with E-state index in [0.717, 1.165) is 15.2 Å². The fourth-order valence-corrected chi connectivity index (χ4v) is 2.69. The zero-order valence-electron chi connectivity index (χ0n) is 9.01. The summed E-state index contributed by atoms with van der Waals surface area (Å²) < 4.78 is 3.11. The molecular weight excluding hydrogens is 362 g/mol. The van der Waals surface area contributed by atoms with Crippen molar-refractivity contribution in [3.05, 3.63) is 39.7 Å². The van der Waals surface area contributed by atoms with E-state index in [1.807, 2.05) is 24.3 Å². The third kappa shape index (κ3) is 1.79. The van der Waals surface area contributed by atoms with Crippen LogP contribution in [0.4, 0.5) is 5.95 Å². The van der Waals surface area contributed by atoms with Gasteiger partial charge in [0, 0.05) is 21.4 Å². The number of nitrogens with two attached hydrogens (primary N) is 1. The maximum Gasteiger partial charge on any atom is 0.240 e. The van der Waals surface area contributed by atoms with Gasteiger partial charge in [-0.25, -0.2) is 4.98 Å². The normalized spacial score (nSPS) is 11.0. The molecule has 2 N–H and O–H groups in total. The van der Waals surface area contributed by atoms with Gasteiger partial charge in [0.1, 0.15) is 0 Å². The van der Waals surface area contributed by atoms with Crippen molar-refractivity contribution in [3.63, 3.8) is 0 Å². The highest BCUT2D eigenvalue weighted by atomic mass is 79.9. The molecule has 3 aromatic rings. The molecular formula is C11H7Br2N5. The summed E-state index contributed by atoms with van der Waals surface area (Å²) in [6.07, 6.45) is 1.73. The monoisotopic (exact) mass is 367 g/mol. The number of pyridine rings is 1. The number of hydrogen-bond acceptors (Lipinski definition) is 4. The topological polar surface area (TPSA) is 69.6 Å². The summed E-state index contributed by atoms with van der Waals surface area (Å²) in [5.41, 5.74) is 5.58. The Morgan fingerprint density at radius 2 is 1.94 bits per heavy atom. The van der Waals surface area contributed by atoms with Crippen molar-refractivity contribution in [1.82, 2.24) is 19.7 Å². The van der Waals surface area contributed by atoms with E-state index in [1.54, 1.807) is 10.9 Å². The Bertz CT molecular complexity index is 737. The van der Waals surface area contributed by atoms with Crippen LogP contribution in [0.25, 0.3) is 16.6 Å². The van der Waals surface area contributed by atoms with Crippen LogP contribution in [0.15, 0.2) is 39.7 Å². The van der Waals surface area contributed by atoms with Crippen molar-refractivity contribution in [2.24, 2.45) is 0 Å². The largest absolute Gasteiger partial charge is 0.366 e. The van der Waals surface area contributed by atoms with Crippen molar-refractivity contribution >= 4 is 48.6 Å². The number of benzene rings is 1. The number of rotatable bonds is 1. The van der Waals surface area contributed by atoms with Crippen molar-refractivity contribution in [2.75, 3.05) is 5.73 Å². The Labute approximate surface area is 119 Å². The van der Waals surface area contributed by atoms with Crippen molar-refractivity contribution in [1.29, 1.82) is 0 Å². The first-order valence-electron chi connectivity index (χ1n) is 5.08. The van der Waals surface area contributed by atoms with Crippen LogP contribution in [0.2, 0.25) is 0 Å². The second-order valence-corrected chi connectivity index (χ2v) is 5.18. The molecule has 0 atom stereocenters. The molecule has 5 nitrogen and oxygen atoms in total. The van der Waals surface area contributed by atoms with E-state index in [-0.39, 0.29) is 5.95 Å². The predicted molar refractivity (Wildman–Crippen MR) is 76.5 cm³/mol. The molecule has 0 fully saturated rings. The second-order valence-electron chi connectivity index (χ2n) is 3.62. The van der Waals surface area contributed by atoms with E-state index in [0.29, 0.717) is 10.6 Å². The first kappa shape index (κ1) is 11.6. The Hall–Kier alpha value is -1.47. The van der Waals surface area contributed by atoms with Crippen LogP contribution in [0, 0.1) is 0 Å². The molecule has 0 aliphatic rings. The minimum absolute atomic E-state index is 0.204. The van der Waals surface area contributed by atoms with Gasteiger partial charge in [0.05, 0.1) is 0 Å². The van der Waals surface area contributed by atoms with E-state index in [4.69, 9.17) is 5.73 Å². The number of hydrogen-bond donors (Lipinski definition) is 1. The predicted octanol–water partition coefficient (Wildman–Crippen LogP) is 2.92. The molecule has 0 unspecified atom stereocenters. The fraction of sp³-hybridized carbons (Fsp3) is 0. The lowest BCUT2D eigenvalue weighted by molar-refractivity contribution is 0.836. The first-order valence-corrected chi connectivity index (χ1v) is 6.67. The number of fused-ring (bicyclic) bond motifs is 1. The van der Waals surface area contributed by atoms with E-state index in [1.165, 1.54) is 0 Å². The Morgan fingerprint density at radius 1 is 1.11 bits per heavy atom. The zero-order chi connectivity index (χ0) is 12.7. The summed E-state index contributed by atoms with van der Waals surface area (Å²) in [7, 11) is 0. The minimum atomic E-state index is 0.204. The van der Waals surface area contributed by atoms with Crippen molar-refractivity contribution < 1.29 is 0 Å². The lowest BCUT2D eigenvalue weighted by atomic mass is 10.1.